The summed E-state index contributed by atoms with van der Waals surface area (Å²) in [6, 6.07) is 0.383. The third-order valence-corrected chi connectivity index (χ3v) is 1.01. The van der Waals surface area contributed by atoms with Crippen LogP contribution in [0.5, 0.6) is 0 Å². The van der Waals surface area contributed by atoms with E-state index in [4.69, 9.17) is 10.00 Å². The van der Waals surface area contributed by atoms with Crippen molar-refractivity contribution < 1.29 is 14.3 Å². The zero-order valence-corrected chi connectivity index (χ0v) is 7.83. The average molecular weight is 184 g/mol. The molecule has 0 unspecified atom stereocenters. The van der Waals surface area contributed by atoms with Gasteiger partial charge in [-0.25, -0.2) is 4.79 Å². The fourth-order valence-electron chi connectivity index (χ4n) is 0.587. The molecular formula is C8H12N2O3. The van der Waals surface area contributed by atoms with Crippen molar-refractivity contribution in [2.75, 3.05) is 0 Å². The first kappa shape index (κ1) is 11.4. The normalized spacial score (nSPS) is 12.5. The fourth-order valence-corrected chi connectivity index (χ4v) is 0.587. The minimum Gasteiger partial charge on any atom is -0.458 e. The predicted octanol–water partition coefficient (Wildman–Crippen LogP) is -0.0337. The maximum Gasteiger partial charge on any atom is 0.344 e. The van der Waals surface area contributed by atoms with Crippen molar-refractivity contribution in [2.45, 2.75) is 32.4 Å². The number of hydrogen-bond acceptors (Lipinski definition) is 4. The molecule has 13 heavy (non-hydrogen) atoms. The van der Waals surface area contributed by atoms with E-state index in [0.29, 0.717) is 0 Å². The monoisotopic (exact) mass is 184 g/mol. The van der Waals surface area contributed by atoms with Gasteiger partial charge in [0, 0.05) is 0 Å². The predicted molar refractivity (Wildman–Crippen MR) is 44.4 cm³/mol. The number of carbonyl (C=O) groups excluding carboxylic acids is 2. The summed E-state index contributed by atoms with van der Waals surface area (Å²) in [5.74, 6) is -0.748. The van der Waals surface area contributed by atoms with Gasteiger partial charge in [0.15, 0.2) is 0 Å². The number of esters is 1. The Kier molecular flexibility index (Phi) is 3.92. The van der Waals surface area contributed by atoms with Crippen molar-refractivity contribution in [3.63, 3.8) is 0 Å². The Morgan fingerprint density at radius 1 is 1.62 bits per heavy atom. The number of nitrogens with zero attached hydrogens (tertiary/aromatic N) is 1. The number of nitriles is 1. The summed E-state index contributed by atoms with van der Waals surface area (Å²) in [5, 5.41) is 10.5. The van der Waals surface area contributed by atoms with Crippen LogP contribution in [0.15, 0.2) is 0 Å². The summed E-state index contributed by atoms with van der Waals surface area (Å²) in [6.07, 6.45) is 0.289. The molecule has 0 aromatic carbocycles. The van der Waals surface area contributed by atoms with E-state index in [9.17, 15) is 9.59 Å². The van der Waals surface area contributed by atoms with Gasteiger partial charge in [-0.1, -0.05) is 0 Å². The van der Waals surface area contributed by atoms with Crippen molar-refractivity contribution in [1.29, 1.82) is 5.26 Å². The summed E-state index contributed by atoms with van der Waals surface area (Å²) in [6.45, 7) is 5.04. The molecule has 0 aliphatic carbocycles. The summed E-state index contributed by atoms with van der Waals surface area (Å²) in [4.78, 5) is 21.1. The Bertz CT molecular complexity index is 237. The van der Waals surface area contributed by atoms with Gasteiger partial charge in [0.25, 0.3) is 0 Å². The fraction of sp³-hybridized carbons (Fsp3) is 0.625. The van der Waals surface area contributed by atoms with Gasteiger partial charge in [0.05, 0.1) is 6.07 Å². The van der Waals surface area contributed by atoms with E-state index in [1.807, 2.05) is 5.32 Å². The van der Waals surface area contributed by atoms with Gasteiger partial charge in [-0.15, -0.1) is 0 Å². The first-order valence-corrected chi connectivity index (χ1v) is 3.73. The lowest BCUT2D eigenvalue weighted by molar-refractivity contribution is -0.156. The molecule has 0 radical (unpaired) electrons. The molecule has 0 aliphatic heterocycles. The minimum atomic E-state index is -1.23. The summed E-state index contributed by atoms with van der Waals surface area (Å²) < 4.78 is 4.86. The van der Waals surface area contributed by atoms with E-state index in [1.54, 1.807) is 26.8 Å². The molecule has 0 aromatic heterocycles. The molecule has 0 aromatic rings. The highest BCUT2D eigenvalue weighted by atomic mass is 16.6. The van der Waals surface area contributed by atoms with Gasteiger partial charge < -0.3 is 10.1 Å². The zero-order valence-electron chi connectivity index (χ0n) is 7.83. The third-order valence-electron chi connectivity index (χ3n) is 1.01. The zero-order chi connectivity index (χ0) is 10.5. The maximum absolute atomic E-state index is 11.1. The molecule has 0 saturated carbocycles. The number of nitrogens with one attached hydrogen (secondary N) is 1. The highest BCUT2D eigenvalue weighted by molar-refractivity contribution is 5.81. The number of rotatable bonds is 3. The second kappa shape index (κ2) is 4.45. The van der Waals surface area contributed by atoms with E-state index >= 15 is 0 Å². The van der Waals surface area contributed by atoms with Gasteiger partial charge in [-0.2, -0.15) is 5.26 Å². The van der Waals surface area contributed by atoms with Crippen molar-refractivity contribution in [2.24, 2.45) is 0 Å². The van der Waals surface area contributed by atoms with E-state index in [1.165, 1.54) is 0 Å². The van der Waals surface area contributed by atoms with E-state index < -0.39 is 17.6 Å². The van der Waals surface area contributed by atoms with Gasteiger partial charge >= 0.3 is 5.97 Å². The van der Waals surface area contributed by atoms with Gasteiger partial charge in [-0.3, -0.25) is 4.79 Å². The Hall–Kier alpha value is -1.57. The standard InChI is InChI=1S/C8H12N2O3/c1-8(2,3)13-7(12)6(4-9)10-5-11/h5-6H,1-3H3,(H,10,11)/t6-/m0/s1. The quantitative estimate of drug-likeness (QED) is 0.493. The molecule has 0 rings (SSSR count). The van der Waals surface area contributed by atoms with Crippen LogP contribution >= 0.6 is 0 Å². The van der Waals surface area contributed by atoms with Crippen LogP contribution in [0.4, 0.5) is 0 Å². The lowest BCUT2D eigenvalue weighted by Gasteiger charge is -2.20. The lowest BCUT2D eigenvalue weighted by Crippen LogP contribution is -2.39. The molecule has 5 heteroatoms. The van der Waals surface area contributed by atoms with Crippen molar-refractivity contribution >= 4 is 12.4 Å². The molecule has 0 aliphatic rings. The van der Waals surface area contributed by atoms with Crippen LogP contribution in [-0.4, -0.2) is 24.0 Å². The minimum absolute atomic E-state index is 0.289. The van der Waals surface area contributed by atoms with E-state index in [2.05, 4.69) is 0 Å². The molecule has 0 fully saturated rings. The Balaban J connectivity index is 4.24. The van der Waals surface area contributed by atoms with Crippen LogP contribution < -0.4 is 5.32 Å². The summed E-state index contributed by atoms with van der Waals surface area (Å²) in [5.41, 5.74) is -0.656. The van der Waals surface area contributed by atoms with E-state index in [0.717, 1.165) is 0 Å². The topological polar surface area (TPSA) is 79.2 Å². The largest absolute Gasteiger partial charge is 0.458 e. The average Bonchev–Trinajstić information content (AvgIpc) is 1.96. The van der Waals surface area contributed by atoms with Crippen molar-refractivity contribution in [1.82, 2.24) is 5.32 Å². The maximum atomic E-state index is 11.1. The second-order valence-electron chi connectivity index (χ2n) is 3.38. The SMILES string of the molecule is CC(C)(C)OC(=O)[C@H](C#N)NC=O. The van der Waals surface area contributed by atoms with Gasteiger partial charge in [0.1, 0.15) is 5.60 Å². The Morgan fingerprint density at radius 2 is 2.15 bits per heavy atom. The first-order chi connectivity index (χ1) is 5.90. The lowest BCUT2D eigenvalue weighted by atomic mass is 10.2. The molecule has 1 amide bonds. The number of ether oxygens (including phenoxy) is 1. The molecule has 0 bridgehead atoms. The molecular weight excluding hydrogens is 172 g/mol. The molecule has 1 atom stereocenters. The highest BCUT2D eigenvalue weighted by Gasteiger charge is 2.24. The number of amides is 1. The highest BCUT2D eigenvalue weighted by Crippen LogP contribution is 2.07. The number of hydrogen-bond donors (Lipinski definition) is 1. The molecule has 0 spiro atoms. The Labute approximate surface area is 76.7 Å². The van der Waals surface area contributed by atoms with Crippen LogP contribution in [0.1, 0.15) is 20.8 Å². The molecule has 5 nitrogen and oxygen atoms in total. The van der Waals surface area contributed by atoms with Gasteiger partial charge in [0.2, 0.25) is 12.5 Å². The first-order valence-electron chi connectivity index (χ1n) is 3.73. The third kappa shape index (κ3) is 4.80. The summed E-state index contributed by atoms with van der Waals surface area (Å²) in [7, 11) is 0. The van der Waals surface area contributed by atoms with Crippen LogP contribution in [-0.2, 0) is 14.3 Å². The van der Waals surface area contributed by atoms with Crippen LogP contribution in [0, 0.1) is 11.3 Å². The molecule has 1 N–H and O–H groups in total. The van der Waals surface area contributed by atoms with Crippen LogP contribution in [0.2, 0.25) is 0 Å². The molecule has 72 valence electrons. The molecule has 0 saturated heterocycles. The second-order valence-corrected chi connectivity index (χ2v) is 3.38. The van der Waals surface area contributed by atoms with Gasteiger partial charge in [-0.05, 0) is 20.8 Å². The van der Waals surface area contributed by atoms with Crippen LogP contribution in [0.25, 0.3) is 0 Å². The summed E-state index contributed by atoms with van der Waals surface area (Å²) >= 11 is 0. The van der Waals surface area contributed by atoms with E-state index in [-0.39, 0.29) is 6.41 Å². The Morgan fingerprint density at radius 3 is 2.46 bits per heavy atom. The smallest absolute Gasteiger partial charge is 0.344 e. The van der Waals surface area contributed by atoms with Crippen molar-refractivity contribution in [3.8, 4) is 6.07 Å². The molecule has 0 heterocycles. The van der Waals surface area contributed by atoms with Crippen LogP contribution in [0.3, 0.4) is 0 Å². The van der Waals surface area contributed by atoms with Crippen molar-refractivity contribution in [3.05, 3.63) is 0 Å². The number of carbonyl (C=O) groups is 2.